The van der Waals surface area contributed by atoms with Crippen molar-refractivity contribution in [3.05, 3.63) is 32.5 Å². The number of thiophene rings is 1. The van der Waals surface area contributed by atoms with Gasteiger partial charge in [0.25, 0.3) is 0 Å². The van der Waals surface area contributed by atoms with Crippen LogP contribution in [0.15, 0.2) is 17.5 Å². The Hall–Kier alpha value is -1.43. The van der Waals surface area contributed by atoms with Crippen LogP contribution in [0.3, 0.4) is 0 Å². The van der Waals surface area contributed by atoms with Gasteiger partial charge in [0, 0.05) is 22.6 Å². The molecule has 1 saturated heterocycles. The second kappa shape index (κ2) is 3.98. The van der Waals surface area contributed by atoms with Crippen molar-refractivity contribution in [2.75, 3.05) is 0 Å². The largest absolute Gasteiger partial charge is 0.342 e. The van der Waals surface area contributed by atoms with Crippen molar-refractivity contribution in [1.29, 1.82) is 0 Å². The number of rotatable bonds is 2. The molecule has 0 unspecified atom stereocenters. The highest BCUT2D eigenvalue weighted by atomic mass is 32.1. The van der Waals surface area contributed by atoms with Gasteiger partial charge in [0.2, 0.25) is 11.9 Å². The van der Waals surface area contributed by atoms with Crippen LogP contribution in [0.2, 0.25) is 0 Å². The number of hydrogen-bond donors (Lipinski definition) is 1. The Labute approximate surface area is 90.3 Å². The molecular weight excluding hydrogens is 216 g/mol. The summed E-state index contributed by atoms with van der Waals surface area (Å²) in [6.07, 6.45) is 0.564. The summed E-state index contributed by atoms with van der Waals surface area (Å²) in [6.45, 7) is 0. The van der Waals surface area contributed by atoms with Crippen molar-refractivity contribution in [3.8, 4) is 0 Å². The molecule has 2 heterocycles. The van der Waals surface area contributed by atoms with E-state index in [0.717, 1.165) is 4.88 Å². The van der Waals surface area contributed by atoms with Crippen LogP contribution in [0.25, 0.3) is 0 Å². The minimum absolute atomic E-state index is 0.105. The summed E-state index contributed by atoms with van der Waals surface area (Å²) in [5.41, 5.74) is 0. The van der Waals surface area contributed by atoms with Crippen LogP contribution in [0.5, 0.6) is 0 Å². The molecule has 1 fully saturated rings. The van der Waals surface area contributed by atoms with Crippen LogP contribution in [-0.4, -0.2) is 16.9 Å². The average Bonchev–Trinajstić information content (AvgIpc) is 2.69. The maximum absolute atomic E-state index is 11.2. The van der Waals surface area contributed by atoms with Crippen LogP contribution >= 0.6 is 11.3 Å². The topological polar surface area (TPSA) is 72.2 Å². The molecule has 0 aromatic carbocycles. The number of nitrogens with zero attached hydrogens (tertiary/aromatic N) is 1. The third-order valence-electron chi connectivity index (χ3n) is 2.49. The van der Waals surface area contributed by atoms with E-state index in [0.29, 0.717) is 6.42 Å². The van der Waals surface area contributed by atoms with Crippen LogP contribution in [0.1, 0.15) is 23.8 Å². The molecule has 0 spiro atoms. The second-order valence-corrected chi connectivity index (χ2v) is 4.43. The van der Waals surface area contributed by atoms with E-state index in [1.807, 2.05) is 17.5 Å². The van der Waals surface area contributed by atoms with E-state index in [-0.39, 0.29) is 17.3 Å². The number of nitrogens with one attached hydrogen (secondary N) is 1. The summed E-state index contributed by atoms with van der Waals surface area (Å²) < 4.78 is 0. The van der Waals surface area contributed by atoms with E-state index in [1.165, 1.54) is 11.3 Å². The van der Waals surface area contributed by atoms with Crippen LogP contribution in [-0.2, 0) is 4.79 Å². The minimum atomic E-state index is -0.693. The van der Waals surface area contributed by atoms with E-state index in [1.54, 1.807) is 0 Å². The van der Waals surface area contributed by atoms with E-state index in [2.05, 4.69) is 5.32 Å². The van der Waals surface area contributed by atoms with Crippen LogP contribution in [0, 0.1) is 10.1 Å². The first kappa shape index (κ1) is 10.1. The normalized spacial score (nSPS) is 26.0. The third kappa shape index (κ3) is 1.99. The zero-order chi connectivity index (χ0) is 10.8. The van der Waals surface area contributed by atoms with Crippen molar-refractivity contribution < 1.29 is 9.72 Å². The molecule has 1 N–H and O–H groups in total. The van der Waals surface area contributed by atoms with Gasteiger partial charge in [-0.3, -0.25) is 14.9 Å². The number of nitro groups is 1. The number of amides is 1. The molecule has 1 aliphatic rings. The average molecular weight is 226 g/mol. The number of carbonyl (C=O) groups excluding carboxylic acids is 1. The number of carbonyl (C=O) groups is 1. The molecule has 2 rings (SSSR count). The molecule has 80 valence electrons. The summed E-state index contributed by atoms with van der Waals surface area (Å²) in [5, 5.41) is 15.4. The van der Waals surface area contributed by atoms with Crippen LogP contribution in [0.4, 0.5) is 0 Å². The summed E-state index contributed by atoms with van der Waals surface area (Å²) >= 11 is 1.43. The standard InChI is InChI=1S/C9H10N2O3S/c12-8-4-3-6(11(13)14)9(10-8)7-2-1-5-15-7/h1-2,5-6,9H,3-4H2,(H,10,12)/t6-,9+/m0/s1. The predicted molar refractivity (Wildman–Crippen MR) is 55.2 cm³/mol. The molecule has 1 aromatic heterocycles. The fourth-order valence-electron chi connectivity index (χ4n) is 1.74. The van der Waals surface area contributed by atoms with Gasteiger partial charge >= 0.3 is 0 Å². The lowest BCUT2D eigenvalue weighted by Gasteiger charge is -2.25. The summed E-state index contributed by atoms with van der Waals surface area (Å²) in [7, 11) is 0. The quantitative estimate of drug-likeness (QED) is 0.611. The van der Waals surface area contributed by atoms with Gasteiger partial charge in [-0.1, -0.05) is 6.07 Å². The monoisotopic (exact) mass is 226 g/mol. The smallest absolute Gasteiger partial charge is 0.238 e. The minimum Gasteiger partial charge on any atom is -0.342 e. The predicted octanol–water partition coefficient (Wildman–Crippen LogP) is 1.34. The lowest BCUT2D eigenvalue weighted by Crippen LogP contribution is -2.44. The molecule has 15 heavy (non-hydrogen) atoms. The molecule has 1 amide bonds. The van der Waals surface area contributed by atoms with E-state index >= 15 is 0 Å². The number of piperidine rings is 1. The second-order valence-electron chi connectivity index (χ2n) is 3.45. The maximum atomic E-state index is 11.2. The first-order valence-electron chi connectivity index (χ1n) is 4.65. The Bertz CT molecular complexity index is 377. The third-order valence-corrected chi connectivity index (χ3v) is 3.44. The highest BCUT2D eigenvalue weighted by Crippen LogP contribution is 2.28. The lowest BCUT2D eigenvalue weighted by atomic mass is 9.97. The molecule has 1 aliphatic heterocycles. The van der Waals surface area contributed by atoms with Crippen molar-refractivity contribution in [2.45, 2.75) is 24.9 Å². The van der Waals surface area contributed by atoms with Crippen molar-refractivity contribution in [1.82, 2.24) is 5.32 Å². The Morgan fingerprint density at radius 2 is 2.40 bits per heavy atom. The van der Waals surface area contributed by atoms with Gasteiger partial charge in [-0.15, -0.1) is 11.3 Å². The molecule has 5 nitrogen and oxygen atoms in total. The Kier molecular flexibility index (Phi) is 2.68. The van der Waals surface area contributed by atoms with E-state index in [9.17, 15) is 14.9 Å². The molecular formula is C9H10N2O3S. The van der Waals surface area contributed by atoms with E-state index < -0.39 is 12.1 Å². The highest BCUT2D eigenvalue weighted by Gasteiger charge is 2.38. The van der Waals surface area contributed by atoms with E-state index in [4.69, 9.17) is 0 Å². The Morgan fingerprint density at radius 1 is 1.60 bits per heavy atom. The van der Waals surface area contributed by atoms with Gasteiger partial charge in [-0.25, -0.2) is 0 Å². The molecule has 0 radical (unpaired) electrons. The van der Waals surface area contributed by atoms with Gasteiger partial charge < -0.3 is 5.32 Å². The molecule has 0 saturated carbocycles. The summed E-state index contributed by atoms with van der Waals surface area (Å²) in [5.74, 6) is -0.105. The first-order chi connectivity index (χ1) is 7.18. The SMILES string of the molecule is O=C1CC[C@H]([N+](=O)[O-])[C@H](c2cccs2)N1. The number of hydrogen-bond acceptors (Lipinski definition) is 4. The molecule has 2 atom stereocenters. The first-order valence-corrected chi connectivity index (χ1v) is 5.52. The van der Waals surface area contributed by atoms with Gasteiger partial charge in [-0.2, -0.15) is 0 Å². The Morgan fingerprint density at radius 3 is 3.00 bits per heavy atom. The molecule has 1 aromatic rings. The fraction of sp³-hybridized carbons (Fsp3) is 0.444. The zero-order valence-corrected chi connectivity index (χ0v) is 8.70. The summed E-state index contributed by atoms with van der Waals surface area (Å²) in [4.78, 5) is 22.6. The van der Waals surface area contributed by atoms with Gasteiger partial charge in [0.05, 0.1) is 0 Å². The van der Waals surface area contributed by atoms with Crippen molar-refractivity contribution >= 4 is 17.2 Å². The van der Waals surface area contributed by atoms with Gasteiger partial charge in [-0.05, 0) is 11.4 Å². The molecule has 6 heteroatoms. The highest BCUT2D eigenvalue weighted by molar-refractivity contribution is 7.10. The zero-order valence-electron chi connectivity index (χ0n) is 7.88. The van der Waals surface area contributed by atoms with Crippen LogP contribution < -0.4 is 5.32 Å². The maximum Gasteiger partial charge on any atom is 0.238 e. The lowest BCUT2D eigenvalue weighted by molar-refractivity contribution is -0.529. The van der Waals surface area contributed by atoms with Gasteiger partial charge in [0.15, 0.2) is 0 Å². The van der Waals surface area contributed by atoms with Crippen molar-refractivity contribution in [3.63, 3.8) is 0 Å². The molecule has 0 bridgehead atoms. The van der Waals surface area contributed by atoms with Crippen molar-refractivity contribution in [2.24, 2.45) is 0 Å². The fourth-order valence-corrected chi connectivity index (χ4v) is 2.58. The Balaban J connectivity index is 2.24. The van der Waals surface area contributed by atoms with Gasteiger partial charge in [0.1, 0.15) is 6.04 Å². The molecule has 0 aliphatic carbocycles. The summed E-state index contributed by atoms with van der Waals surface area (Å²) in [6, 6.07) is 2.50.